The highest BCUT2D eigenvalue weighted by Gasteiger charge is 2.24. The molecule has 0 spiro atoms. The predicted octanol–water partition coefficient (Wildman–Crippen LogP) is 2.49. The third-order valence-corrected chi connectivity index (χ3v) is 4.83. The largest absolute Gasteiger partial charge is 0.369 e. The number of hydrogen-bond donors (Lipinski definition) is 0. The number of anilines is 1. The van der Waals surface area contributed by atoms with E-state index in [-0.39, 0.29) is 6.10 Å². The first-order chi connectivity index (χ1) is 10.6. The molecule has 1 atom stereocenters. The number of thiazole rings is 1. The number of hydrogen-bond acceptors (Lipinski definition) is 6. The lowest BCUT2D eigenvalue weighted by Crippen LogP contribution is -2.38. The summed E-state index contributed by atoms with van der Waals surface area (Å²) in [4.78, 5) is 14.8. The minimum Gasteiger partial charge on any atom is -0.369 e. The summed E-state index contributed by atoms with van der Waals surface area (Å²) in [5, 5.41) is 0. The average Bonchev–Trinajstić information content (AvgIpc) is 2.93. The summed E-state index contributed by atoms with van der Waals surface area (Å²) in [6.45, 7) is 5.61. The number of morpholine rings is 1. The van der Waals surface area contributed by atoms with Gasteiger partial charge in [0.1, 0.15) is 11.9 Å². The number of aryl methyl sites for hydroxylation is 1. The maximum absolute atomic E-state index is 5.94. The average molecular weight is 318 g/mol. The Labute approximate surface area is 135 Å². The molecule has 5 nitrogen and oxygen atoms in total. The molecule has 1 unspecified atom stereocenters. The Balaban J connectivity index is 1.70. The second-order valence-corrected chi connectivity index (χ2v) is 6.71. The molecule has 1 aliphatic heterocycles. The maximum atomic E-state index is 5.94. The summed E-state index contributed by atoms with van der Waals surface area (Å²) in [5.74, 6) is 0.969. The van der Waals surface area contributed by atoms with Crippen LogP contribution in [0, 0.1) is 6.92 Å². The third kappa shape index (κ3) is 3.45. The van der Waals surface area contributed by atoms with Gasteiger partial charge in [0.25, 0.3) is 0 Å². The van der Waals surface area contributed by atoms with Crippen molar-refractivity contribution < 1.29 is 4.74 Å². The van der Waals surface area contributed by atoms with Crippen molar-refractivity contribution in [2.75, 3.05) is 38.7 Å². The third-order valence-electron chi connectivity index (χ3n) is 3.91. The van der Waals surface area contributed by atoms with Gasteiger partial charge in [0.2, 0.25) is 0 Å². The molecule has 1 saturated heterocycles. The van der Waals surface area contributed by atoms with Crippen molar-refractivity contribution in [3.63, 3.8) is 0 Å². The van der Waals surface area contributed by atoms with E-state index in [1.165, 1.54) is 4.88 Å². The molecule has 0 aromatic carbocycles. The van der Waals surface area contributed by atoms with Crippen molar-refractivity contribution in [3.05, 3.63) is 40.0 Å². The standard InChI is InChI=1S/C16H22N4OS/c1-12-15(22-11-17-12)10-20-7-8-21-14(9-20)13-5-4-6-16(18-13)19(2)3/h4-6,11,14H,7-10H2,1-3H3. The molecule has 0 N–H and O–H groups in total. The minimum absolute atomic E-state index is 0.0434. The minimum atomic E-state index is 0.0434. The van der Waals surface area contributed by atoms with Crippen molar-refractivity contribution in [3.8, 4) is 0 Å². The highest BCUT2D eigenvalue weighted by molar-refractivity contribution is 7.09. The van der Waals surface area contributed by atoms with Crippen LogP contribution in [0.2, 0.25) is 0 Å². The van der Waals surface area contributed by atoms with Gasteiger partial charge in [-0.25, -0.2) is 9.97 Å². The molecular weight excluding hydrogens is 296 g/mol. The summed E-state index contributed by atoms with van der Waals surface area (Å²) >= 11 is 1.73. The van der Waals surface area contributed by atoms with Crippen LogP contribution in [0.3, 0.4) is 0 Å². The molecule has 3 rings (SSSR count). The fourth-order valence-electron chi connectivity index (χ4n) is 2.57. The lowest BCUT2D eigenvalue weighted by atomic mass is 10.2. The molecule has 3 heterocycles. The molecule has 2 aromatic heterocycles. The molecule has 0 bridgehead atoms. The van der Waals surface area contributed by atoms with E-state index in [1.807, 2.05) is 36.6 Å². The van der Waals surface area contributed by atoms with Crippen LogP contribution in [-0.2, 0) is 11.3 Å². The first-order valence-electron chi connectivity index (χ1n) is 7.50. The van der Waals surface area contributed by atoms with Crippen LogP contribution in [0.15, 0.2) is 23.7 Å². The molecule has 0 amide bonds. The van der Waals surface area contributed by atoms with Crippen LogP contribution in [0.25, 0.3) is 0 Å². The summed E-state index contributed by atoms with van der Waals surface area (Å²) in [7, 11) is 4.01. The van der Waals surface area contributed by atoms with E-state index < -0.39 is 0 Å². The van der Waals surface area contributed by atoms with Crippen LogP contribution in [-0.4, -0.2) is 48.7 Å². The highest BCUT2D eigenvalue weighted by Crippen LogP contribution is 2.24. The quantitative estimate of drug-likeness (QED) is 0.866. The van der Waals surface area contributed by atoms with Crippen LogP contribution < -0.4 is 4.90 Å². The van der Waals surface area contributed by atoms with Gasteiger partial charge in [-0.3, -0.25) is 4.90 Å². The van der Waals surface area contributed by atoms with E-state index >= 15 is 0 Å². The second-order valence-electron chi connectivity index (χ2n) is 5.77. The molecule has 0 aliphatic carbocycles. The molecule has 1 fully saturated rings. The number of pyridine rings is 1. The molecule has 22 heavy (non-hydrogen) atoms. The van der Waals surface area contributed by atoms with Crippen molar-refractivity contribution in [2.45, 2.75) is 19.6 Å². The van der Waals surface area contributed by atoms with Gasteiger partial charge in [0.15, 0.2) is 0 Å². The van der Waals surface area contributed by atoms with Crippen molar-refractivity contribution in [1.82, 2.24) is 14.9 Å². The molecule has 1 aliphatic rings. The first kappa shape index (κ1) is 15.4. The van der Waals surface area contributed by atoms with E-state index in [1.54, 1.807) is 11.3 Å². The van der Waals surface area contributed by atoms with Crippen LogP contribution in [0.1, 0.15) is 22.4 Å². The summed E-state index contributed by atoms with van der Waals surface area (Å²) in [6, 6.07) is 6.12. The Morgan fingerprint density at radius 2 is 2.27 bits per heavy atom. The zero-order valence-corrected chi connectivity index (χ0v) is 14.1. The first-order valence-corrected chi connectivity index (χ1v) is 8.38. The second kappa shape index (κ2) is 6.73. The van der Waals surface area contributed by atoms with Crippen LogP contribution in [0.5, 0.6) is 0 Å². The Kier molecular flexibility index (Phi) is 4.71. The van der Waals surface area contributed by atoms with Gasteiger partial charge < -0.3 is 9.64 Å². The maximum Gasteiger partial charge on any atom is 0.128 e. The zero-order valence-electron chi connectivity index (χ0n) is 13.3. The van der Waals surface area contributed by atoms with Crippen LogP contribution in [0.4, 0.5) is 5.82 Å². The molecule has 0 radical (unpaired) electrons. The Morgan fingerprint density at radius 1 is 1.41 bits per heavy atom. The molecule has 2 aromatic rings. The molecule has 0 saturated carbocycles. The van der Waals surface area contributed by atoms with Gasteiger partial charge in [-0.2, -0.15) is 0 Å². The summed E-state index contributed by atoms with van der Waals surface area (Å²) in [5.41, 5.74) is 4.07. The predicted molar refractivity (Wildman–Crippen MR) is 89.4 cm³/mol. The van der Waals surface area contributed by atoms with E-state index in [2.05, 4.69) is 22.9 Å². The Morgan fingerprint density at radius 3 is 3.00 bits per heavy atom. The van der Waals surface area contributed by atoms with Gasteiger partial charge in [-0.15, -0.1) is 11.3 Å². The number of nitrogens with zero attached hydrogens (tertiary/aromatic N) is 4. The van der Waals surface area contributed by atoms with E-state index in [4.69, 9.17) is 9.72 Å². The zero-order chi connectivity index (χ0) is 15.5. The summed E-state index contributed by atoms with van der Waals surface area (Å²) < 4.78 is 5.94. The Bertz CT molecular complexity index is 628. The molecule has 118 valence electrons. The van der Waals surface area contributed by atoms with Gasteiger partial charge in [-0.05, 0) is 19.1 Å². The van der Waals surface area contributed by atoms with Crippen molar-refractivity contribution >= 4 is 17.2 Å². The summed E-state index contributed by atoms with van der Waals surface area (Å²) in [6.07, 6.45) is 0.0434. The van der Waals surface area contributed by atoms with E-state index in [0.29, 0.717) is 0 Å². The highest BCUT2D eigenvalue weighted by atomic mass is 32.1. The van der Waals surface area contributed by atoms with Crippen LogP contribution >= 0.6 is 11.3 Å². The monoisotopic (exact) mass is 318 g/mol. The normalized spacial score (nSPS) is 19.3. The smallest absolute Gasteiger partial charge is 0.128 e. The molecule has 6 heteroatoms. The van der Waals surface area contributed by atoms with Gasteiger partial charge in [0, 0.05) is 38.6 Å². The van der Waals surface area contributed by atoms with Crippen molar-refractivity contribution in [2.24, 2.45) is 0 Å². The lowest BCUT2D eigenvalue weighted by Gasteiger charge is -2.32. The van der Waals surface area contributed by atoms with Gasteiger partial charge >= 0.3 is 0 Å². The van der Waals surface area contributed by atoms with E-state index in [9.17, 15) is 0 Å². The van der Waals surface area contributed by atoms with Gasteiger partial charge in [0.05, 0.1) is 23.5 Å². The van der Waals surface area contributed by atoms with E-state index in [0.717, 1.165) is 43.4 Å². The number of ether oxygens (including phenoxy) is 1. The number of aromatic nitrogens is 2. The fraction of sp³-hybridized carbons (Fsp3) is 0.500. The SMILES string of the molecule is Cc1ncsc1CN1CCOC(c2cccc(N(C)C)n2)C1. The van der Waals surface area contributed by atoms with Crippen molar-refractivity contribution in [1.29, 1.82) is 0 Å². The topological polar surface area (TPSA) is 41.5 Å². The number of rotatable bonds is 4. The molecular formula is C16H22N4OS. The van der Waals surface area contributed by atoms with Gasteiger partial charge in [-0.1, -0.05) is 6.07 Å². The lowest BCUT2D eigenvalue weighted by molar-refractivity contribution is -0.0347. The Hall–Kier alpha value is -1.50. The fourth-order valence-corrected chi connectivity index (χ4v) is 3.39.